The summed E-state index contributed by atoms with van der Waals surface area (Å²) in [6, 6.07) is 19.9. The molecule has 0 saturated heterocycles. The standard InChI is InChI=1S/C26H23BrO2S/c1-17-9-11-20(12-10-17)30(28,29)25-8-4-7-23-22(25)13-14-24-21-6-3-2-5-18(21)15-19(16-27)26(23)24/h2-3,5-6,9-15,19H,4,7-8,16H2,1H3/t19-/m1/s1. The van der Waals surface area contributed by atoms with Crippen LogP contribution in [0.25, 0.3) is 11.0 Å². The Kier molecular flexibility index (Phi) is 4.95. The maximum absolute atomic E-state index is 13.5. The van der Waals surface area contributed by atoms with Gasteiger partial charge in [-0.3, -0.25) is 0 Å². The lowest BCUT2D eigenvalue weighted by Crippen LogP contribution is -2.27. The lowest BCUT2D eigenvalue weighted by molar-refractivity contribution is 0.603. The number of rotatable bonds is 3. The number of halogens is 1. The van der Waals surface area contributed by atoms with Gasteiger partial charge in [-0.05, 0) is 70.3 Å². The van der Waals surface area contributed by atoms with E-state index in [2.05, 4.69) is 52.3 Å². The van der Waals surface area contributed by atoms with Crippen molar-refractivity contribution in [2.75, 3.05) is 5.33 Å². The first-order valence-electron chi connectivity index (χ1n) is 10.3. The van der Waals surface area contributed by atoms with Gasteiger partial charge in [0.25, 0.3) is 0 Å². The van der Waals surface area contributed by atoms with Crippen LogP contribution in [0.4, 0.5) is 0 Å². The summed E-state index contributed by atoms with van der Waals surface area (Å²) < 4.78 is 27.0. The summed E-state index contributed by atoms with van der Waals surface area (Å²) in [6.07, 6.45) is 4.70. The molecule has 5 rings (SSSR count). The van der Waals surface area contributed by atoms with Crippen LogP contribution in [0.15, 0.2) is 65.6 Å². The van der Waals surface area contributed by atoms with E-state index in [0.29, 0.717) is 16.2 Å². The summed E-state index contributed by atoms with van der Waals surface area (Å²) in [5, 5.41) is 5.47. The van der Waals surface area contributed by atoms with Crippen LogP contribution >= 0.6 is 15.9 Å². The Hall–Kier alpha value is -2.17. The van der Waals surface area contributed by atoms with Gasteiger partial charge in [-0.1, -0.05) is 76.1 Å². The van der Waals surface area contributed by atoms with E-state index in [1.807, 2.05) is 25.1 Å². The Bertz CT molecular complexity index is 1470. The molecule has 152 valence electrons. The van der Waals surface area contributed by atoms with E-state index >= 15 is 0 Å². The van der Waals surface area contributed by atoms with Crippen LogP contribution in [0.1, 0.15) is 35.4 Å². The normalized spacial score (nSPS) is 17.5. The first kappa shape index (κ1) is 19.8. The highest BCUT2D eigenvalue weighted by Crippen LogP contribution is 2.32. The summed E-state index contributed by atoms with van der Waals surface area (Å²) in [5.74, 6) is 0.242. The summed E-state index contributed by atoms with van der Waals surface area (Å²) in [7, 11) is -3.51. The molecule has 0 bridgehead atoms. The van der Waals surface area contributed by atoms with Gasteiger partial charge < -0.3 is 0 Å². The molecule has 2 nitrogen and oxygen atoms in total. The van der Waals surface area contributed by atoms with Crippen molar-refractivity contribution >= 4 is 36.7 Å². The number of sulfone groups is 1. The van der Waals surface area contributed by atoms with Crippen molar-refractivity contribution in [1.29, 1.82) is 0 Å². The molecule has 3 aromatic carbocycles. The molecule has 0 fully saturated rings. The molecular weight excluding hydrogens is 456 g/mol. The van der Waals surface area contributed by atoms with Crippen molar-refractivity contribution in [2.24, 2.45) is 0 Å². The van der Waals surface area contributed by atoms with Crippen LogP contribution in [0.2, 0.25) is 0 Å². The molecule has 4 heteroatoms. The van der Waals surface area contributed by atoms with Gasteiger partial charge in [0, 0.05) is 11.2 Å². The predicted octanol–water partition coefficient (Wildman–Crippen LogP) is 4.47. The topological polar surface area (TPSA) is 34.1 Å². The van der Waals surface area contributed by atoms with Gasteiger partial charge in [0.15, 0.2) is 0 Å². The summed E-state index contributed by atoms with van der Waals surface area (Å²) in [6.45, 7) is 1.97. The van der Waals surface area contributed by atoms with Gasteiger partial charge in [-0.2, -0.15) is 0 Å². The summed E-state index contributed by atoms with van der Waals surface area (Å²) in [4.78, 5) is 0.963. The van der Waals surface area contributed by atoms with E-state index in [4.69, 9.17) is 0 Å². The van der Waals surface area contributed by atoms with Gasteiger partial charge in [0.05, 0.1) is 9.80 Å². The molecule has 0 aliphatic heterocycles. The minimum Gasteiger partial charge on any atom is -0.219 e. The number of benzene rings is 3. The maximum atomic E-state index is 13.5. The van der Waals surface area contributed by atoms with Crippen molar-refractivity contribution in [3.63, 3.8) is 0 Å². The fourth-order valence-electron chi connectivity index (χ4n) is 4.86. The maximum Gasteiger partial charge on any atom is 0.203 e. The number of hydrogen-bond donors (Lipinski definition) is 0. The molecule has 0 aromatic heterocycles. The highest BCUT2D eigenvalue weighted by atomic mass is 79.9. The second-order valence-electron chi connectivity index (χ2n) is 8.16. The first-order valence-corrected chi connectivity index (χ1v) is 12.9. The molecule has 0 N–H and O–H groups in total. The molecule has 0 unspecified atom stereocenters. The molecular formula is C26H23BrO2S. The van der Waals surface area contributed by atoms with Crippen molar-refractivity contribution in [2.45, 2.75) is 37.0 Å². The van der Waals surface area contributed by atoms with Crippen LogP contribution in [0, 0.1) is 17.4 Å². The zero-order valence-electron chi connectivity index (χ0n) is 16.9. The van der Waals surface area contributed by atoms with Crippen molar-refractivity contribution in [3.8, 4) is 0 Å². The van der Waals surface area contributed by atoms with Gasteiger partial charge in [-0.15, -0.1) is 0 Å². The average molecular weight is 479 g/mol. The molecule has 0 radical (unpaired) electrons. The average Bonchev–Trinajstić information content (AvgIpc) is 2.77. The minimum atomic E-state index is -3.51. The second-order valence-corrected chi connectivity index (χ2v) is 10.8. The van der Waals surface area contributed by atoms with Crippen LogP contribution in [0.3, 0.4) is 0 Å². The third-order valence-corrected chi connectivity index (χ3v) is 8.98. The number of aryl methyl sites for hydroxylation is 1. The SMILES string of the molecule is Cc1ccc(S(=O)(=O)C2=c3ccc4c(c3CCC2)[C@@H](CBr)C=c2ccccc2=4)cc1. The van der Waals surface area contributed by atoms with E-state index in [-0.39, 0.29) is 5.92 Å². The van der Waals surface area contributed by atoms with Crippen LogP contribution in [-0.2, 0) is 16.3 Å². The third kappa shape index (κ3) is 3.09. The van der Waals surface area contributed by atoms with Gasteiger partial charge >= 0.3 is 0 Å². The molecule has 0 spiro atoms. The van der Waals surface area contributed by atoms with Crippen LogP contribution < -0.4 is 10.4 Å². The minimum absolute atomic E-state index is 0.242. The number of hydrogen-bond acceptors (Lipinski definition) is 2. The predicted molar refractivity (Wildman–Crippen MR) is 126 cm³/mol. The van der Waals surface area contributed by atoms with E-state index in [1.165, 1.54) is 26.8 Å². The Labute approximate surface area is 185 Å². The molecule has 0 heterocycles. The fourth-order valence-corrected chi connectivity index (χ4v) is 7.05. The zero-order valence-corrected chi connectivity index (χ0v) is 19.3. The highest BCUT2D eigenvalue weighted by Gasteiger charge is 2.27. The smallest absolute Gasteiger partial charge is 0.203 e. The molecule has 30 heavy (non-hydrogen) atoms. The Morgan fingerprint density at radius 3 is 2.40 bits per heavy atom. The van der Waals surface area contributed by atoms with E-state index < -0.39 is 9.84 Å². The molecule has 2 aliphatic carbocycles. The largest absolute Gasteiger partial charge is 0.219 e. The van der Waals surface area contributed by atoms with E-state index in [1.54, 1.807) is 12.1 Å². The molecule has 3 aromatic rings. The highest BCUT2D eigenvalue weighted by molar-refractivity contribution is 9.09. The Balaban J connectivity index is 1.86. The number of alkyl halides is 1. The monoisotopic (exact) mass is 478 g/mol. The molecule has 1 atom stereocenters. The molecule has 0 amide bonds. The van der Waals surface area contributed by atoms with Crippen molar-refractivity contribution in [1.82, 2.24) is 0 Å². The first-order chi connectivity index (χ1) is 14.5. The number of fused-ring (bicyclic) bond motifs is 4. The van der Waals surface area contributed by atoms with Gasteiger partial charge in [-0.25, -0.2) is 8.42 Å². The lowest BCUT2D eigenvalue weighted by Gasteiger charge is -2.24. The Morgan fingerprint density at radius 1 is 0.900 bits per heavy atom. The van der Waals surface area contributed by atoms with E-state index in [9.17, 15) is 8.42 Å². The van der Waals surface area contributed by atoms with Crippen molar-refractivity contribution < 1.29 is 8.42 Å². The van der Waals surface area contributed by atoms with Crippen LogP contribution in [0.5, 0.6) is 0 Å². The van der Waals surface area contributed by atoms with E-state index in [0.717, 1.165) is 29.0 Å². The lowest BCUT2D eigenvalue weighted by atomic mass is 9.84. The second kappa shape index (κ2) is 7.51. The molecule has 0 saturated carbocycles. The summed E-state index contributed by atoms with van der Waals surface area (Å²) in [5.41, 5.74) is 3.56. The quantitative estimate of drug-likeness (QED) is 0.520. The van der Waals surface area contributed by atoms with Gasteiger partial charge in [0.1, 0.15) is 0 Å². The Morgan fingerprint density at radius 2 is 1.63 bits per heavy atom. The third-order valence-electron chi connectivity index (χ3n) is 6.31. The van der Waals surface area contributed by atoms with Gasteiger partial charge in [0.2, 0.25) is 9.84 Å². The zero-order chi connectivity index (χ0) is 20.9. The summed E-state index contributed by atoms with van der Waals surface area (Å²) >= 11 is 3.70. The van der Waals surface area contributed by atoms with Crippen molar-refractivity contribution in [3.05, 3.63) is 98.2 Å². The fraction of sp³-hybridized carbons (Fsp3) is 0.231. The van der Waals surface area contributed by atoms with Crippen LogP contribution in [-0.4, -0.2) is 13.7 Å². The molecule has 2 aliphatic rings.